The Labute approximate surface area is 157 Å². The van der Waals surface area contributed by atoms with E-state index in [4.69, 9.17) is 4.74 Å². The van der Waals surface area contributed by atoms with E-state index in [1.165, 1.54) is 27.8 Å². The molecular formula is C25H26O. The maximum Gasteiger partial charge on any atom is 0.119 e. The van der Waals surface area contributed by atoms with Gasteiger partial charge in [-0.1, -0.05) is 80.6 Å². The summed E-state index contributed by atoms with van der Waals surface area (Å²) >= 11 is 0. The smallest absolute Gasteiger partial charge is 0.119 e. The minimum atomic E-state index is 0.595. The Bertz CT molecular complexity index is 845. The average molecular weight is 342 g/mol. The van der Waals surface area contributed by atoms with Gasteiger partial charge in [0.15, 0.2) is 0 Å². The number of benzene rings is 3. The van der Waals surface area contributed by atoms with E-state index in [-0.39, 0.29) is 0 Å². The van der Waals surface area contributed by atoms with Crippen molar-refractivity contribution >= 4 is 5.57 Å². The quantitative estimate of drug-likeness (QED) is 0.443. The van der Waals surface area contributed by atoms with Gasteiger partial charge in [-0.25, -0.2) is 0 Å². The molecule has 0 saturated heterocycles. The molecule has 3 rings (SSSR count). The van der Waals surface area contributed by atoms with Crippen molar-refractivity contribution in [1.29, 1.82) is 0 Å². The summed E-state index contributed by atoms with van der Waals surface area (Å²) in [6.45, 7) is 5.00. The van der Waals surface area contributed by atoms with Crippen molar-refractivity contribution in [2.75, 3.05) is 0 Å². The Morgan fingerprint density at radius 2 is 1.58 bits per heavy atom. The lowest BCUT2D eigenvalue weighted by molar-refractivity contribution is 0.306. The first-order valence-electron chi connectivity index (χ1n) is 9.36. The molecule has 0 aromatic heterocycles. The van der Waals surface area contributed by atoms with E-state index in [1.54, 1.807) is 0 Å². The van der Waals surface area contributed by atoms with E-state index in [9.17, 15) is 0 Å². The molecular weight excluding hydrogens is 316 g/mol. The van der Waals surface area contributed by atoms with Gasteiger partial charge in [-0.15, -0.1) is 0 Å². The molecule has 0 aliphatic carbocycles. The lowest BCUT2D eigenvalue weighted by Crippen LogP contribution is -1.94. The summed E-state index contributed by atoms with van der Waals surface area (Å²) in [5, 5.41) is 0. The van der Waals surface area contributed by atoms with Crippen LogP contribution in [0.1, 0.15) is 37.8 Å². The van der Waals surface area contributed by atoms with Gasteiger partial charge in [-0.05, 0) is 58.9 Å². The van der Waals surface area contributed by atoms with Crippen LogP contribution in [0.5, 0.6) is 5.75 Å². The molecule has 1 heteroatoms. The maximum atomic E-state index is 5.89. The highest BCUT2D eigenvalue weighted by molar-refractivity contribution is 5.72. The first kappa shape index (κ1) is 18.0. The van der Waals surface area contributed by atoms with E-state index in [0.717, 1.165) is 18.6 Å². The van der Waals surface area contributed by atoms with Crippen LogP contribution in [0.2, 0.25) is 0 Å². The Morgan fingerprint density at radius 3 is 2.27 bits per heavy atom. The van der Waals surface area contributed by atoms with E-state index >= 15 is 0 Å². The van der Waals surface area contributed by atoms with E-state index in [2.05, 4.69) is 68.5 Å². The molecule has 0 fully saturated rings. The van der Waals surface area contributed by atoms with Crippen molar-refractivity contribution in [2.24, 2.45) is 0 Å². The molecule has 0 radical (unpaired) electrons. The standard InChI is InChI=1S/C25H26O/c1-3-9-21(4-2)23-12-8-13-24(18-23)22-14-16-25(17-15-22)26-19-20-10-6-5-7-11-20/h5-18H,3-4,19H2,1-2H3/b21-9+. The molecule has 0 saturated carbocycles. The maximum absolute atomic E-state index is 5.89. The first-order chi connectivity index (χ1) is 12.8. The van der Waals surface area contributed by atoms with Crippen molar-refractivity contribution in [3.05, 3.63) is 96.1 Å². The molecule has 0 aliphatic rings. The lowest BCUT2D eigenvalue weighted by Gasteiger charge is -2.10. The molecule has 3 aromatic rings. The zero-order valence-electron chi connectivity index (χ0n) is 15.6. The predicted molar refractivity (Wildman–Crippen MR) is 111 cm³/mol. The van der Waals surface area contributed by atoms with Crippen LogP contribution in [0.4, 0.5) is 0 Å². The van der Waals surface area contributed by atoms with Gasteiger partial charge in [0.1, 0.15) is 12.4 Å². The monoisotopic (exact) mass is 342 g/mol. The van der Waals surface area contributed by atoms with Crippen LogP contribution in [-0.4, -0.2) is 0 Å². The predicted octanol–water partition coefficient (Wildman–Crippen LogP) is 7.14. The largest absolute Gasteiger partial charge is 0.489 e. The molecule has 0 spiro atoms. The van der Waals surface area contributed by atoms with Gasteiger partial charge < -0.3 is 4.74 Å². The van der Waals surface area contributed by atoms with E-state index < -0.39 is 0 Å². The second-order valence-corrected chi connectivity index (χ2v) is 6.37. The Kier molecular flexibility index (Phi) is 6.27. The summed E-state index contributed by atoms with van der Waals surface area (Å²) in [7, 11) is 0. The SMILES string of the molecule is CC/C=C(\CC)c1cccc(-c2ccc(OCc3ccccc3)cc2)c1. The molecule has 0 aliphatic heterocycles. The molecule has 3 aromatic carbocycles. The van der Waals surface area contributed by atoms with Crippen molar-refractivity contribution in [2.45, 2.75) is 33.3 Å². The van der Waals surface area contributed by atoms with Crippen LogP contribution in [0, 0.1) is 0 Å². The fourth-order valence-electron chi connectivity index (χ4n) is 3.10. The fourth-order valence-corrected chi connectivity index (χ4v) is 3.10. The van der Waals surface area contributed by atoms with E-state index in [1.807, 2.05) is 30.3 Å². The number of ether oxygens (including phenoxy) is 1. The van der Waals surface area contributed by atoms with Crippen LogP contribution in [0.25, 0.3) is 16.7 Å². The van der Waals surface area contributed by atoms with Crippen LogP contribution < -0.4 is 4.74 Å². The summed E-state index contributed by atoms with van der Waals surface area (Å²) in [4.78, 5) is 0. The lowest BCUT2D eigenvalue weighted by atomic mass is 9.97. The summed E-state index contributed by atoms with van der Waals surface area (Å²) in [5.41, 5.74) is 6.37. The highest BCUT2D eigenvalue weighted by Gasteiger charge is 2.03. The Hall–Kier alpha value is -2.80. The highest BCUT2D eigenvalue weighted by atomic mass is 16.5. The second kappa shape index (κ2) is 9.05. The number of rotatable bonds is 7. The zero-order chi connectivity index (χ0) is 18.2. The van der Waals surface area contributed by atoms with Gasteiger partial charge in [0.25, 0.3) is 0 Å². The number of hydrogen-bond acceptors (Lipinski definition) is 1. The van der Waals surface area contributed by atoms with Crippen molar-refractivity contribution in [3.8, 4) is 16.9 Å². The molecule has 0 atom stereocenters. The topological polar surface area (TPSA) is 9.23 Å². The third-order valence-corrected chi connectivity index (χ3v) is 4.50. The van der Waals surface area contributed by atoms with Gasteiger partial charge in [-0.3, -0.25) is 0 Å². The molecule has 26 heavy (non-hydrogen) atoms. The average Bonchev–Trinajstić information content (AvgIpc) is 2.72. The summed E-state index contributed by atoms with van der Waals surface area (Å²) < 4.78 is 5.89. The first-order valence-corrected chi connectivity index (χ1v) is 9.36. The van der Waals surface area contributed by atoms with Crippen LogP contribution >= 0.6 is 0 Å². The molecule has 0 unspecified atom stereocenters. The zero-order valence-corrected chi connectivity index (χ0v) is 15.6. The third-order valence-electron chi connectivity index (χ3n) is 4.50. The second-order valence-electron chi connectivity index (χ2n) is 6.37. The van der Waals surface area contributed by atoms with Crippen LogP contribution in [-0.2, 0) is 6.61 Å². The Balaban J connectivity index is 1.73. The minimum Gasteiger partial charge on any atom is -0.489 e. The van der Waals surface area contributed by atoms with Gasteiger partial charge in [-0.2, -0.15) is 0 Å². The number of allylic oxidation sites excluding steroid dienone is 2. The highest BCUT2D eigenvalue weighted by Crippen LogP contribution is 2.27. The summed E-state index contributed by atoms with van der Waals surface area (Å²) in [6, 6.07) is 27.4. The van der Waals surface area contributed by atoms with Gasteiger partial charge in [0.05, 0.1) is 0 Å². The van der Waals surface area contributed by atoms with Crippen molar-refractivity contribution in [1.82, 2.24) is 0 Å². The van der Waals surface area contributed by atoms with Gasteiger partial charge in [0.2, 0.25) is 0 Å². The molecule has 0 amide bonds. The van der Waals surface area contributed by atoms with Crippen LogP contribution in [0.3, 0.4) is 0 Å². The summed E-state index contributed by atoms with van der Waals surface area (Å²) in [6.07, 6.45) is 4.45. The Morgan fingerprint density at radius 1 is 0.808 bits per heavy atom. The van der Waals surface area contributed by atoms with E-state index in [0.29, 0.717) is 6.61 Å². The van der Waals surface area contributed by atoms with Crippen molar-refractivity contribution in [3.63, 3.8) is 0 Å². The molecule has 0 heterocycles. The van der Waals surface area contributed by atoms with Crippen LogP contribution in [0.15, 0.2) is 84.9 Å². The fraction of sp³-hybridized carbons (Fsp3) is 0.200. The molecule has 0 N–H and O–H groups in total. The molecule has 0 bridgehead atoms. The molecule has 132 valence electrons. The molecule has 1 nitrogen and oxygen atoms in total. The van der Waals surface area contributed by atoms with Crippen molar-refractivity contribution < 1.29 is 4.74 Å². The number of hydrogen-bond donors (Lipinski definition) is 0. The normalized spacial score (nSPS) is 11.4. The van der Waals surface area contributed by atoms with Gasteiger partial charge >= 0.3 is 0 Å². The van der Waals surface area contributed by atoms with Gasteiger partial charge in [0, 0.05) is 0 Å². The minimum absolute atomic E-state index is 0.595. The third kappa shape index (κ3) is 4.64. The summed E-state index contributed by atoms with van der Waals surface area (Å²) in [5.74, 6) is 0.897.